The minimum absolute atomic E-state index is 0. The zero-order chi connectivity index (χ0) is 15.4. The SMILES string of the molecule is CC[O-].O=S(=O)([N-]S(=O)(=O)C(F)(F)F)C(F)(F)F.[NH4+].[NH4+]. The summed E-state index contributed by atoms with van der Waals surface area (Å²) >= 11 is 0. The molecule has 128 valence electrons. The Morgan fingerprint density at radius 3 is 1.10 bits per heavy atom. The first-order chi connectivity index (χ1) is 7.62. The minimum Gasteiger partial charge on any atom is -0.855 e. The summed E-state index contributed by atoms with van der Waals surface area (Å²) in [5.74, 6) is 0. The van der Waals surface area contributed by atoms with E-state index in [4.69, 9.17) is 5.11 Å². The molecule has 0 aromatic carbocycles. The summed E-state index contributed by atoms with van der Waals surface area (Å²) in [4.78, 5) is 0. The van der Waals surface area contributed by atoms with Crippen molar-refractivity contribution in [3.8, 4) is 0 Å². The summed E-state index contributed by atoms with van der Waals surface area (Å²) in [5.41, 5.74) is -12.4. The third-order valence-corrected chi connectivity index (χ3v) is 3.52. The number of hydrogen-bond acceptors (Lipinski definition) is 5. The predicted molar refractivity (Wildman–Crippen MR) is 55.8 cm³/mol. The summed E-state index contributed by atoms with van der Waals surface area (Å²) in [7, 11) is -13.4. The van der Waals surface area contributed by atoms with Crippen LogP contribution < -0.4 is 17.4 Å². The largest absolute Gasteiger partial charge is 0.855 e. The fourth-order valence-electron chi connectivity index (χ4n) is 0.214. The molecule has 0 fully saturated rings. The molecule has 0 radical (unpaired) electrons. The third-order valence-electron chi connectivity index (χ3n) is 0.781. The fourth-order valence-corrected chi connectivity index (χ4v) is 1.92. The zero-order valence-electron chi connectivity index (χ0n) is 10.3. The second-order valence-corrected chi connectivity index (χ2v) is 5.63. The molecule has 16 heteroatoms. The van der Waals surface area contributed by atoms with E-state index in [-0.39, 0.29) is 18.9 Å². The fraction of sp³-hybridized carbons (Fsp3) is 1.00. The van der Waals surface area contributed by atoms with Crippen molar-refractivity contribution in [1.29, 1.82) is 0 Å². The second-order valence-electron chi connectivity index (χ2n) is 2.20. The van der Waals surface area contributed by atoms with Crippen LogP contribution in [-0.4, -0.2) is 34.5 Å². The van der Waals surface area contributed by atoms with Gasteiger partial charge in [0.25, 0.3) is 0 Å². The number of alkyl halides is 6. The highest BCUT2D eigenvalue weighted by molar-refractivity contribution is 8.13. The van der Waals surface area contributed by atoms with Crippen LogP contribution in [0.25, 0.3) is 4.13 Å². The van der Waals surface area contributed by atoms with Crippen molar-refractivity contribution in [2.45, 2.75) is 17.9 Å². The molecule has 0 saturated carbocycles. The first-order valence-corrected chi connectivity index (χ1v) is 6.45. The topological polar surface area (TPSA) is 178 Å². The normalized spacial score (nSPS) is 12.4. The lowest BCUT2D eigenvalue weighted by Crippen LogP contribution is -2.30. The number of halogens is 6. The molecular weight excluding hydrogens is 348 g/mol. The summed E-state index contributed by atoms with van der Waals surface area (Å²) in [6, 6.07) is 0. The maximum Gasteiger partial charge on any atom is 0.480 e. The van der Waals surface area contributed by atoms with Gasteiger partial charge in [-0.25, -0.2) is 16.8 Å². The Bertz CT molecular complexity index is 412. The standard InChI is InChI=1S/C2F6NO4S2.C2H5O.2H3N/c3-1(4,5)14(10,11)9-15(12,13)2(6,7)8;1-2-3;;/h;2H2,1H3;2*1H3/q2*-1;;/p+2. The molecule has 0 spiro atoms. The molecule has 8 N–H and O–H groups in total. The minimum atomic E-state index is -6.72. The van der Waals surface area contributed by atoms with Gasteiger partial charge in [0.15, 0.2) is 20.0 Å². The average Bonchev–Trinajstić information content (AvgIpc) is 1.98. The molecule has 0 aliphatic rings. The van der Waals surface area contributed by atoms with Crippen molar-refractivity contribution in [2.75, 3.05) is 6.61 Å². The van der Waals surface area contributed by atoms with Crippen LogP contribution in [0.4, 0.5) is 26.3 Å². The molecule has 0 aliphatic carbocycles. The van der Waals surface area contributed by atoms with Crippen molar-refractivity contribution in [3.63, 3.8) is 0 Å². The molecule has 0 rings (SSSR count). The van der Waals surface area contributed by atoms with Gasteiger partial charge < -0.3 is 21.5 Å². The lowest BCUT2D eigenvalue weighted by Gasteiger charge is -2.22. The van der Waals surface area contributed by atoms with Crippen LogP contribution in [0.5, 0.6) is 0 Å². The van der Waals surface area contributed by atoms with E-state index in [1.807, 2.05) is 0 Å². The lowest BCUT2D eigenvalue weighted by molar-refractivity contribution is -0.361. The van der Waals surface area contributed by atoms with Crippen LogP contribution in [0.15, 0.2) is 0 Å². The molecule has 0 aromatic heterocycles. The number of sulfonamides is 2. The Labute approximate surface area is 110 Å². The number of hydrogen-bond donors (Lipinski definition) is 2. The van der Waals surface area contributed by atoms with E-state index >= 15 is 0 Å². The highest BCUT2D eigenvalue weighted by atomic mass is 32.3. The predicted octanol–water partition coefficient (Wildman–Crippen LogP) is 1.18. The van der Waals surface area contributed by atoms with Gasteiger partial charge in [-0.1, -0.05) is 6.92 Å². The van der Waals surface area contributed by atoms with Crippen LogP contribution in [-0.2, 0) is 20.0 Å². The average molecular weight is 361 g/mol. The number of nitrogens with zero attached hydrogens (tertiary/aromatic N) is 1. The third kappa shape index (κ3) is 8.48. The van der Waals surface area contributed by atoms with Gasteiger partial charge in [-0.3, -0.25) is 0 Å². The summed E-state index contributed by atoms with van der Waals surface area (Å²) in [6.45, 7) is 1.57. The monoisotopic (exact) mass is 361 g/mol. The van der Waals surface area contributed by atoms with Crippen LogP contribution in [0.2, 0.25) is 0 Å². The summed E-state index contributed by atoms with van der Waals surface area (Å²) < 4.78 is 109. The number of quaternary nitrogens is 2. The van der Waals surface area contributed by atoms with Crippen LogP contribution in [0, 0.1) is 0 Å². The molecule has 0 heterocycles. The first-order valence-electron chi connectivity index (χ1n) is 3.57. The Morgan fingerprint density at radius 2 is 1.00 bits per heavy atom. The van der Waals surface area contributed by atoms with Crippen molar-refractivity contribution in [2.24, 2.45) is 0 Å². The summed E-state index contributed by atoms with van der Waals surface area (Å²) in [6.07, 6.45) is 0. The second kappa shape index (κ2) is 8.57. The van der Waals surface area contributed by atoms with E-state index in [0.29, 0.717) is 0 Å². The van der Waals surface area contributed by atoms with Crippen molar-refractivity contribution < 1.29 is 48.3 Å². The number of rotatable bonds is 2. The first kappa shape index (κ1) is 27.6. The van der Waals surface area contributed by atoms with Gasteiger partial charge in [0, 0.05) is 0 Å². The highest BCUT2D eigenvalue weighted by Gasteiger charge is 2.46. The smallest absolute Gasteiger partial charge is 0.480 e. The van der Waals surface area contributed by atoms with Crippen LogP contribution >= 0.6 is 0 Å². The molecule has 0 atom stereocenters. The van der Waals surface area contributed by atoms with Crippen LogP contribution in [0.3, 0.4) is 0 Å². The zero-order valence-corrected chi connectivity index (χ0v) is 11.9. The Kier molecular flexibility index (Phi) is 11.8. The molecule has 20 heavy (non-hydrogen) atoms. The Balaban J connectivity index is -0.000000233. The van der Waals surface area contributed by atoms with E-state index in [1.165, 1.54) is 0 Å². The van der Waals surface area contributed by atoms with Gasteiger partial charge in [0.05, 0.1) is 0 Å². The lowest BCUT2D eigenvalue weighted by atomic mass is 10.9. The van der Waals surface area contributed by atoms with E-state index in [1.54, 1.807) is 6.92 Å². The van der Waals surface area contributed by atoms with Crippen molar-refractivity contribution in [1.82, 2.24) is 12.3 Å². The van der Waals surface area contributed by atoms with Gasteiger partial charge in [-0.15, -0.1) is 6.61 Å². The maximum absolute atomic E-state index is 11.4. The van der Waals surface area contributed by atoms with Crippen molar-refractivity contribution in [3.05, 3.63) is 4.13 Å². The quantitative estimate of drug-likeness (QED) is 0.700. The Hall–Kier alpha value is -0.680. The van der Waals surface area contributed by atoms with Gasteiger partial charge >= 0.3 is 11.0 Å². The van der Waals surface area contributed by atoms with Crippen LogP contribution in [0.1, 0.15) is 6.92 Å². The summed E-state index contributed by atoms with van der Waals surface area (Å²) in [5, 5.41) is 8.93. The molecule has 0 bridgehead atoms. The van der Waals surface area contributed by atoms with Gasteiger partial charge in [0.1, 0.15) is 0 Å². The molecule has 0 amide bonds. The van der Waals surface area contributed by atoms with Gasteiger partial charge in [0.2, 0.25) is 0 Å². The molecule has 0 aliphatic heterocycles. The van der Waals surface area contributed by atoms with E-state index in [9.17, 15) is 43.2 Å². The molecule has 8 nitrogen and oxygen atoms in total. The molecule has 0 aromatic rings. The van der Waals surface area contributed by atoms with Gasteiger partial charge in [-0.05, 0) is 0 Å². The van der Waals surface area contributed by atoms with E-state index < -0.39 is 31.1 Å². The maximum atomic E-state index is 11.4. The highest BCUT2D eigenvalue weighted by Crippen LogP contribution is 2.36. The van der Waals surface area contributed by atoms with Crippen molar-refractivity contribution >= 4 is 20.0 Å². The molecule has 0 saturated heterocycles. The molecule has 0 unspecified atom stereocenters. The van der Waals surface area contributed by atoms with E-state index in [2.05, 4.69) is 0 Å². The Morgan fingerprint density at radius 1 is 0.850 bits per heavy atom. The molecular formula is C4H13F6N3O5S2. The van der Waals surface area contributed by atoms with Gasteiger partial charge in [-0.2, -0.15) is 26.3 Å². The van der Waals surface area contributed by atoms with E-state index in [0.717, 1.165) is 4.13 Å².